The molecule has 2 aromatic carbocycles. The van der Waals surface area contributed by atoms with Crippen molar-refractivity contribution in [2.45, 2.75) is 58.7 Å². The standard InChI is InChI=1S/C23H27ClF4O4/c1-12(2)17-19(29-5)13(10-14(24)20(17)30-6)11-23(3,4)18-15(31-21(25)26)8-7-9-16(18)32-22(27)28/h7-10,12,21-22H,11H2,1-6H3. The average Bonchev–Trinajstić information content (AvgIpc) is 2.66. The minimum absolute atomic E-state index is 0.00681. The molecule has 0 aliphatic rings. The Balaban J connectivity index is 2.68. The Morgan fingerprint density at radius 1 is 0.906 bits per heavy atom. The van der Waals surface area contributed by atoms with Crippen molar-refractivity contribution in [1.29, 1.82) is 0 Å². The first-order valence-corrected chi connectivity index (χ1v) is 10.3. The Hall–Kier alpha value is -2.35. The third-order valence-electron chi connectivity index (χ3n) is 5.01. The molecule has 4 nitrogen and oxygen atoms in total. The molecule has 0 fully saturated rings. The second-order valence-corrected chi connectivity index (χ2v) is 8.51. The molecule has 9 heteroatoms. The average molecular weight is 479 g/mol. The quantitative estimate of drug-likeness (QED) is 0.338. The van der Waals surface area contributed by atoms with E-state index in [1.54, 1.807) is 19.9 Å². The number of methoxy groups -OCH3 is 2. The first-order valence-electron chi connectivity index (χ1n) is 9.89. The molecule has 0 spiro atoms. The highest BCUT2D eigenvalue weighted by Crippen LogP contribution is 2.47. The summed E-state index contributed by atoms with van der Waals surface area (Å²) in [5, 5.41) is 0.351. The van der Waals surface area contributed by atoms with Crippen LogP contribution in [0.1, 0.15) is 50.3 Å². The monoisotopic (exact) mass is 478 g/mol. The summed E-state index contributed by atoms with van der Waals surface area (Å²) in [7, 11) is 3.01. The molecule has 0 aliphatic heterocycles. The number of ether oxygens (including phenoxy) is 4. The SMILES string of the molecule is COc1c(Cl)cc(CC(C)(C)c2c(OC(F)F)cccc2OC(F)F)c(OC)c1C(C)C. The molecule has 0 N–H and O–H groups in total. The molecule has 2 rings (SSSR count). The van der Waals surface area contributed by atoms with E-state index in [1.807, 2.05) is 13.8 Å². The lowest BCUT2D eigenvalue weighted by atomic mass is 9.77. The van der Waals surface area contributed by atoms with Crippen LogP contribution in [0.4, 0.5) is 17.6 Å². The summed E-state index contributed by atoms with van der Waals surface area (Å²) in [6, 6.07) is 5.56. The van der Waals surface area contributed by atoms with E-state index in [4.69, 9.17) is 21.1 Å². The van der Waals surface area contributed by atoms with Gasteiger partial charge in [0.05, 0.1) is 19.2 Å². The lowest BCUT2D eigenvalue weighted by Gasteiger charge is -2.31. The highest BCUT2D eigenvalue weighted by atomic mass is 35.5. The topological polar surface area (TPSA) is 36.9 Å². The number of benzene rings is 2. The third-order valence-corrected chi connectivity index (χ3v) is 5.29. The van der Waals surface area contributed by atoms with Crippen LogP contribution in [0, 0.1) is 0 Å². The van der Waals surface area contributed by atoms with Gasteiger partial charge in [-0.25, -0.2) is 0 Å². The lowest BCUT2D eigenvalue weighted by molar-refractivity contribution is -0.0564. The molecule has 2 aromatic rings. The summed E-state index contributed by atoms with van der Waals surface area (Å²) in [6.45, 7) is 1.06. The van der Waals surface area contributed by atoms with E-state index < -0.39 is 18.6 Å². The van der Waals surface area contributed by atoms with E-state index in [1.165, 1.54) is 32.4 Å². The van der Waals surface area contributed by atoms with E-state index in [2.05, 4.69) is 9.47 Å². The van der Waals surface area contributed by atoms with Crippen LogP contribution >= 0.6 is 11.6 Å². The minimum atomic E-state index is -3.14. The lowest BCUT2D eigenvalue weighted by Crippen LogP contribution is -2.25. The Morgan fingerprint density at radius 2 is 1.41 bits per heavy atom. The summed E-state index contributed by atoms with van der Waals surface area (Å²) in [5.41, 5.74) is 0.492. The Bertz CT molecular complexity index is 904. The van der Waals surface area contributed by atoms with Gasteiger partial charge >= 0.3 is 13.2 Å². The molecular formula is C23H27ClF4O4. The first kappa shape index (κ1) is 25.9. The van der Waals surface area contributed by atoms with Gasteiger partial charge in [-0.3, -0.25) is 0 Å². The summed E-state index contributed by atoms with van der Waals surface area (Å²) in [4.78, 5) is 0. The van der Waals surface area contributed by atoms with E-state index in [0.717, 1.165) is 5.56 Å². The van der Waals surface area contributed by atoms with Crippen LogP contribution < -0.4 is 18.9 Å². The van der Waals surface area contributed by atoms with Crippen molar-refractivity contribution in [2.75, 3.05) is 14.2 Å². The van der Waals surface area contributed by atoms with Crippen LogP contribution in [-0.4, -0.2) is 27.4 Å². The van der Waals surface area contributed by atoms with Crippen LogP contribution in [-0.2, 0) is 11.8 Å². The van der Waals surface area contributed by atoms with Gasteiger partial charge in [-0.05, 0) is 36.1 Å². The fraction of sp³-hybridized carbons (Fsp3) is 0.478. The van der Waals surface area contributed by atoms with Gasteiger partial charge in [-0.2, -0.15) is 17.6 Å². The predicted molar refractivity (Wildman–Crippen MR) is 115 cm³/mol. The van der Waals surface area contributed by atoms with E-state index >= 15 is 0 Å². The maximum atomic E-state index is 13.0. The van der Waals surface area contributed by atoms with Gasteiger partial charge < -0.3 is 18.9 Å². The van der Waals surface area contributed by atoms with Crippen LogP contribution in [0.25, 0.3) is 0 Å². The zero-order chi connectivity index (χ0) is 24.2. The number of halogens is 5. The van der Waals surface area contributed by atoms with Gasteiger partial charge in [0.1, 0.15) is 23.0 Å². The fourth-order valence-electron chi connectivity index (χ4n) is 3.92. The summed E-state index contributed by atoms with van der Waals surface area (Å²) in [6.07, 6.45) is 0.197. The van der Waals surface area contributed by atoms with Crippen LogP contribution in [0.2, 0.25) is 5.02 Å². The van der Waals surface area contributed by atoms with Crippen molar-refractivity contribution < 1.29 is 36.5 Å². The molecule has 0 amide bonds. The Kier molecular flexibility index (Phi) is 8.51. The maximum absolute atomic E-state index is 13.0. The largest absolute Gasteiger partial charge is 0.496 e. The zero-order valence-corrected chi connectivity index (χ0v) is 19.5. The smallest absolute Gasteiger partial charge is 0.387 e. The van der Waals surface area contributed by atoms with Crippen molar-refractivity contribution in [1.82, 2.24) is 0 Å². The van der Waals surface area contributed by atoms with Gasteiger partial charge in [0, 0.05) is 16.5 Å². The predicted octanol–water partition coefficient (Wildman–Crippen LogP) is 7.20. The third kappa shape index (κ3) is 5.71. The second kappa shape index (κ2) is 10.5. The first-order chi connectivity index (χ1) is 14.9. The molecule has 0 saturated heterocycles. The summed E-state index contributed by atoms with van der Waals surface area (Å²) < 4.78 is 72.6. The summed E-state index contributed by atoms with van der Waals surface area (Å²) >= 11 is 6.45. The number of hydrogen-bond donors (Lipinski definition) is 0. The van der Waals surface area contributed by atoms with Crippen LogP contribution in [0.3, 0.4) is 0 Å². The number of hydrogen-bond acceptors (Lipinski definition) is 4. The van der Waals surface area contributed by atoms with Gasteiger partial charge in [-0.1, -0.05) is 45.4 Å². The molecule has 0 saturated carbocycles. The molecule has 0 aromatic heterocycles. The Morgan fingerprint density at radius 3 is 1.81 bits per heavy atom. The molecule has 32 heavy (non-hydrogen) atoms. The second-order valence-electron chi connectivity index (χ2n) is 8.10. The van der Waals surface area contributed by atoms with E-state index in [9.17, 15) is 17.6 Å². The van der Waals surface area contributed by atoms with Crippen LogP contribution in [0.5, 0.6) is 23.0 Å². The van der Waals surface area contributed by atoms with Gasteiger partial charge in [0.15, 0.2) is 0 Å². The highest BCUT2D eigenvalue weighted by molar-refractivity contribution is 6.32. The van der Waals surface area contributed by atoms with Crippen molar-refractivity contribution >= 4 is 11.6 Å². The highest BCUT2D eigenvalue weighted by Gasteiger charge is 2.33. The van der Waals surface area contributed by atoms with Crippen LogP contribution in [0.15, 0.2) is 24.3 Å². The molecule has 0 unspecified atom stereocenters. The number of rotatable bonds is 10. The van der Waals surface area contributed by atoms with Gasteiger partial charge in [0.25, 0.3) is 0 Å². The fourth-order valence-corrected chi connectivity index (χ4v) is 4.23. The molecule has 178 valence electrons. The molecule has 0 atom stereocenters. The minimum Gasteiger partial charge on any atom is -0.496 e. The maximum Gasteiger partial charge on any atom is 0.387 e. The van der Waals surface area contributed by atoms with Crippen molar-refractivity contribution in [3.8, 4) is 23.0 Å². The normalized spacial score (nSPS) is 11.9. The molecular weight excluding hydrogens is 452 g/mol. The van der Waals surface area contributed by atoms with Crippen molar-refractivity contribution in [2.24, 2.45) is 0 Å². The van der Waals surface area contributed by atoms with E-state index in [0.29, 0.717) is 22.1 Å². The summed E-state index contributed by atoms with van der Waals surface area (Å²) in [5.74, 6) is 0.505. The van der Waals surface area contributed by atoms with Gasteiger partial charge in [-0.15, -0.1) is 0 Å². The Labute approximate surface area is 190 Å². The van der Waals surface area contributed by atoms with Crippen molar-refractivity contribution in [3.05, 3.63) is 46.0 Å². The molecule has 0 heterocycles. The van der Waals surface area contributed by atoms with Gasteiger partial charge in [0.2, 0.25) is 0 Å². The van der Waals surface area contributed by atoms with E-state index in [-0.39, 0.29) is 29.4 Å². The zero-order valence-electron chi connectivity index (χ0n) is 18.8. The molecule has 0 radical (unpaired) electrons. The molecule has 0 bridgehead atoms. The number of alkyl halides is 4. The van der Waals surface area contributed by atoms with Crippen molar-refractivity contribution in [3.63, 3.8) is 0 Å². The molecule has 0 aliphatic carbocycles.